The van der Waals surface area contributed by atoms with Crippen molar-refractivity contribution in [3.8, 4) is 0 Å². The Bertz CT molecular complexity index is 184. The summed E-state index contributed by atoms with van der Waals surface area (Å²) >= 11 is 0. The molecule has 2 aliphatic rings. The molecule has 1 saturated heterocycles. The van der Waals surface area contributed by atoms with Gasteiger partial charge in [0.05, 0.1) is 13.0 Å². The quantitative estimate of drug-likeness (QED) is 0.370. The molecule has 0 aromatic rings. The van der Waals surface area contributed by atoms with Crippen LogP contribution in [0.5, 0.6) is 0 Å². The fraction of sp³-hybridized carbons (Fsp3) is 0.625. The Kier molecular flexibility index (Phi) is 1.26. The van der Waals surface area contributed by atoms with Gasteiger partial charge in [0.1, 0.15) is 0 Å². The molecule has 1 aliphatic carbocycles. The zero-order valence-electron chi connectivity index (χ0n) is 5.75. The Hall–Kier alpha value is -0.790. The van der Waals surface area contributed by atoms with Gasteiger partial charge in [-0.25, -0.2) is 0 Å². The molecular weight excluding hydrogens is 128 g/mol. The van der Waals surface area contributed by atoms with Gasteiger partial charge in [0.2, 0.25) is 0 Å². The molecule has 0 unspecified atom stereocenters. The van der Waals surface area contributed by atoms with Crippen LogP contribution in [-0.4, -0.2) is 12.6 Å². The molecule has 2 rings (SSSR count). The van der Waals surface area contributed by atoms with Gasteiger partial charge in [-0.05, 0) is 12.3 Å². The molecule has 54 valence electrons. The van der Waals surface area contributed by atoms with Crippen molar-refractivity contribution >= 4 is 5.97 Å². The molecule has 10 heavy (non-hydrogen) atoms. The van der Waals surface area contributed by atoms with Crippen molar-refractivity contribution in [3.05, 3.63) is 12.2 Å². The highest BCUT2D eigenvalue weighted by molar-refractivity contribution is 5.71. The highest BCUT2D eigenvalue weighted by atomic mass is 16.5. The minimum atomic E-state index is -0.0344. The summed E-state index contributed by atoms with van der Waals surface area (Å²) < 4.78 is 4.91. The fourth-order valence-corrected chi connectivity index (χ4v) is 1.64. The molecule has 0 saturated carbocycles. The van der Waals surface area contributed by atoms with Crippen LogP contribution in [0.1, 0.15) is 12.8 Å². The lowest BCUT2D eigenvalue weighted by Gasteiger charge is -2.23. The Morgan fingerprint density at radius 1 is 1.60 bits per heavy atom. The number of cyclic esters (lactones) is 1. The van der Waals surface area contributed by atoms with E-state index in [1.807, 2.05) is 0 Å². The molecule has 1 heterocycles. The molecule has 0 aromatic carbocycles. The Morgan fingerprint density at radius 2 is 2.50 bits per heavy atom. The van der Waals surface area contributed by atoms with E-state index in [-0.39, 0.29) is 5.97 Å². The highest BCUT2D eigenvalue weighted by Crippen LogP contribution is 2.31. The predicted octanol–water partition coefficient (Wildman–Crippen LogP) is 1.13. The topological polar surface area (TPSA) is 26.3 Å². The first-order chi connectivity index (χ1) is 4.86. The summed E-state index contributed by atoms with van der Waals surface area (Å²) in [5.41, 5.74) is 0. The third-order valence-electron chi connectivity index (χ3n) is 2.29. The second-order valence-electron chi connectivity index (χ2n) is 2.97. The largest absolute Gasteiger partial charge is 0.465 e. The van der Waals surface area contributed by atoms with E-state index in [1.165, 1.54) is 0 Å². The van der Waals surface area contributed by atoms with Gasteiger partial charge in [-0.2, -0.15) is 0 Å². The first-order valence-corrected chi connectivity index (χ1v) is 3.68. The maximum Gasteiger partial charge on any atom is 0.306 e. The lowest BCUT2D eigenvalue weighted by Crippen LogP contribution is -2.26. The molecule has 0 aromatic heterocycles. The van der Waals surface area contributed by atoms with E-state index < -0.39 is 0 Å². The number of ether oxygens (including phenoxy) is 1. The molecule has 2 nitrogen and oxygen atoms in total. The van der Waals surface area contributed by atoms with Crippen LogP contribution in [0, 0.1) is 11.8 Å². The summed E-state index contributed by atoms with van der Waals surface area (Å²) in [6, 6.07) is 0. The number of fused-ring (bicyclic) bond motifs is 1. The number of carbonyl (C=O) groups is 1. The number of rotatable bonds is 0. The molecule has 0 spiro atoms. The maximum absolute atomic E-state index is 10.7. The van der Waals surface area contributed by atoms with Crippen molar-refractivity contribution < 1.29 is 9.53 Å². The number of esters is 1. The normalized spacial score (nSPS) is 37.4. The predicted molar refractivity (Wildman–Crippen MR) is 36.3 cm³/mol. The van der Waals surface area contributed by atoms with E-state index in [4.69, 9.17) is 4.74 Å². The van der Waals surface area contributed by atoms with Crippen molar-refractivity contribution in [1.29, 1.82) is 0 Å². The SMILES string of the molecule is O=C1C[C@@H]2C=CC[C@@H]2CO1. The van der Waals surface area contributed by atoms with Crippen molar-refractivity contribution in [2.24, 2.45) is 11.8 Å². The van der Waals surface area contributed by atoms with Crippen LogP contribution in [0.4, 0.5) is 0 Å². The van der Waals surface area contributed by atoms with Gasteiger partial charge in [-0.1, -0.05) is 12.2 Å². The molecule has 1 fully saturated rings. The summed E-state index contributed by atoms with van der Waals surface area (Å²) in [5, 5.41) is 0. The molecule has 0 radical (unpaired) electrons. The lowest BCUT2D eigenvalue weighted by atomic mass is 9.91. The standard InChI is InChI=1S/C8H10O2/c9-8-4-6-2-1-3-7(6)5-10-8/h1-2,6-7H,3-5H2/t6-,7+/m0/s1. The zero-order valence-corrected chi connectivity index (χ0v) is 5.75. The summed E-state index contributed by atoms with van der Waals surface area (Å²) in [6.45, 7) is 0.635. The van der Waals surface area contributed by atoms with Crippen LogP contribution in [0.3, 0.4) is 0 Å². The van der Waals surface area contributed by atoms with E-state index in [9.17, 15) is 4.79 Å². The van der Waals surface area contributed by atoms with Crippen LogP contribution in [-0.2, 0) is 9.53 Å². The second-order valence-corrected chi connectivity index (χ2v) is 2.97. The fourth-order valence-electron chi connectivity index (χ4n) is 1.64. The lowest BCUT2D eigenvalue weighted by molar-refractivity contribution is -0.151. The molecule has 0 bridgehead atoms. The third-order valence-corrected chi connectivity index (χ3v) is 2.29. The summed E-state index contributed by atoms with van der Waals surface area (Å²) in [7, 11) is 0. The van der Waals surface area contributed by atoms with Crippen molar-refractivity contribution in [2.75, 3.05) is 6.61 Å². The smallest absolute Gasteiger partial charge is 0.306 e. The van der Waals surface area contributed by atoms with E-state index >= 15 is 0 Å². The molecule has 0 N–H and O–H groups in total. The van der Waals surface area contributed by atoms with Gasteiger partial charge >= 0.3 is 5.97 Å². The molecule has 1 aliphatic heterocycles. The van der Waals surface area contributed by atoms with Crippen LogP contribution in [0.15, 0.2) is 12.2 Å². The number of allylic oxidation sites excluding steroid dienone is 2. The van der Waals surface area contributed by atoms with Gasteiger partial charge < -0.3 is 4.74 Å². The minimum Gasteiger partial charge on any atom is -0.465 e. The van der Waals surface area contributed by atoms with E-state index in [0.29, 0.717) is 24.9 Å². The van der Waals surface area contributed by atoms with Crippen molar-refractivity contribution in [1.82, 2.24) is 0 Å². The molecule has 2 atom stereocenters. The van der Waals surface area contributed by atoms with Gasteiger partial charge in [0.15, 0.2) is 0 Å². The van der Waals surface area contributed by atoms with Crippen LogP contribution >= 0.6 is 0 Å². The first-order valence-electron chi connectivity index (χ1n) is 3.68. The summed E-state index contributed by atoms with van der Waals surface area (Å²) in [4.78, 5) is 10.7. The summed E-state index contributed by atoms with van der Waals surface area (Å²) in [5.74, 6) is 1.05. The first kappa shape index (κ1) is 5.96. The van der Waals surface area contributed by atoms with E-state index in [2.05, 4.69) is 12.2 Å². The van der Waals surface area contributed by atoms with Crippen molar-refractivity contribution in [2.45, 2.75) is 12.8 Å². The van der Waals surface area contributed by atoms with E-state index in [1.54, 1.807) is 0 Å². The third kappa shape index (κ3) is 0.838. The number of hydrogen-bond donors (Lipinski definition) is 0. The summed E-state index contributed by atoms with van der Waals surface area (Å²) in [6.07, 6.45) is 5.99. The van der Waals surface area contributed by atoms with Gasteiger partial charge in [-0.3, -0.25) is 4.79 Å². The monoisotopic (exact) mass is 138 g/mol. The van der Waals surface area contributed by atoms with Crippen LogP contribution in [0.2, 0.25) is 0 Å². The number of carbonyl (C=O) groups excluding carboxylic acids is 1. The minimum absolute atomic E-state index is 0.0344. The van der Waals surface area contributed by atoms with Crippen molar-refractivity contribution in [3.63, 3.8) is 0 Å². The Balaban J connectivity index is 2.08. The Morgan fingerprint density at radius 3 is 3.40 bits per heavy atom. The molecule has 0 amide bonds. The van der Waals surface area contributed by atoms with E-state index in [0.717, 1.165) is 6.42 Å². The number of hydrogen-bond acceptors (Lipinski definition) is 2. The zero-order chi connectivity index (χ0) is 6.97. The van der Waals surface area contributed by atoms with Gasteiger partial charge in [0, 0.05) is 5.92 Å². The van der Waals surface area contributed by atoms with Crippen LogP contribution in [0.25, 0.3) is 0 Å². The van der Waals surface area contributed by atoms with Gasteiger partial charge in [0.25, 0.3) is 0 Å². The molecule has 2 heteroatoms. The Labute approximate surface area is 59.9 Å². The second kappa shape index (κ2) is 2.11. The van der Waals surface area contributed by atoms with Crippen LogP contribution < -0.4 is 0 Å². The highest BCUT2D eigenvalue weighted by Gasteiger charge is 2.30. The average molecular weight is 138 g/mol. The average Bonchev–Trinajstić information content (AvgIpc) is 2.33. The van der Waals surface area contributed by atoms with Gasteiger partial charge in [-0.15, -0.1) is 0 Å². The molecular formula is C8H10O2. The maximum atomic E-state index is 10.7.